The van der Waals surface area contributed by atoms with Crippen LogP contribution in [-0.2, 0) is 6.54 Å². The normalized spacial score (nSPS) is 14.5. The molecule has 0 bridgehead atoms. The average molecular weight is 521 g/mol. The van der Waals surface area contributed by atoms with Crippen LogP contribution in [0, 0.1) is 6.92 Å². The fourth-order valence-electron chi connectivity index (χ4n) is 4.33. The number of para-hydroxylation sites is 2. The van der Waals surface area contributed by atoms with E-state index in [1.54, 1.807) is 25.1 Å². The molecule has 4 aromatic rings. The predicted octanol–water partition coefficient (Wildman–Crippen LogP) is 5.68. The molecule has 0 saturated carbocycles. The van der Waals surface area contributed by atoms with E-state index in [1.807, 2.05) is 24.3 Å². The van der Waals surface area contributed by atoms with Gasteiger partial charge in [0.25, 0.3) is 0 Å². The molecule has 1 N–H and O–H groups in total. The lowest BCUT2D eigenvalue weighted by Gasteiger charge is -2.36. The van der Waals surface area contributed by atoms with Crippen molar-refractivity contribution in [3.05, 3.63) is 92.7 Å². The van der Waals surface area contributed by atoms with Crippen molar-refractivity contribution in [2.45, 2.75) is 13.5 Å². The lowest BCUT2D eigenvalue weighted by atomic mass is 10.1. The number of piperazine rings is 1. The van der Waals surface area contributed by atoms with Gasteiger partial charge in [-0.3, -0.25) is 9.69 Å². The quantitative estimate of drug-likeness (QED) is 0.365. The van der Waals surface area contributed by atoms with Gasteiger partial charge in [-0.05, 0) is 59.3 Å². The summed E-state index contributed by atoms with van der Waals surface area (Å²) in [5.41, 5.74) is 1.99. The maximum Gasteiger partial charge on any atom is 0.235 e. The number of benzene rings is 3. The molecule has 7 heteroatoms. The summed E-state index contributed by atoms with van der Waals surface area (Å²) in [6, 6.07) is 20.9. The fourth-order valence-corrected chi connectivity index (χ4v) is 4.70. The second kappa shape index (κ2) is 9.52. The van der Waals surface area contributed by atoms with Crippen molar-refractivity contribution < 1.29 is 14.3 Å². The molecule has 0 amide bonds. The topological polar surface area (TPSA) is 66.2 Å². The second-order valence-corrected chi connectivity index (χ2v) is 9.24. The smallest absolute Gasteiger partial charge is 0.235 e. The van der Waals surface area contributed by atoms with Gasteiger partial charge in [-0.2, -0.15) is 0 Å². The Labute approximate surface area is 206 Å². The number of nitrogens with zero attached hydrogens (tertiary/aromatic N) is 2. The number of halogens is 1. The highest BCUT2D eigenvalue weighted by molar-refractivity contribution is 9.10. The summed E-state index contributed by atoms with van der Waals surface area (Å²) in [6.45, 7) is 5.68. The van der Waals surface area contributed by atoms with Crippen molar-refractivity contribution in [3.63, 3.8) is 0 Å². The fraction of sp³-hybridized carbons (Fsp3) is 0.222. The van der Waals surface area contributed by atoms with Crippen LogP contribution in [0.3, 0.4) is 0 Å². The molecule has 1 fully saturated rings. The van der Waals surface area contributed by atoms with Crippen molar-refractivity contribution in [2.24, 2.45) is 0 Å². The Balaban J connectivity index is 1.42. The Morgan fingerprint density at radius 3 is 2.41 bits per heavy atom. The monoisotopic (exact) mass is 520 g/mol. The Morgan fingerprint density at radius 1 is 0.971 bits per heavy atom. The Hall–Kier alpha value is -3.29. The molecule has 3 aromatic carbocycles. The Kier molecular flexibility index (Phi) is 6.30. The van der Waals surface area contributed by atoms with Gasteiger partial charge in [-0.15, -0.1) is 0 Å². The van der Waals surface area contributed by atoms with Gasteiger partial charge in [0.05, 0.1) is 15.4 Å². The van der Waals surface area contributed by atoms with Gasteiger partial charge >= 0.3 is 0 Å². The first-order valence-corrected chi connectivity index (χ1v) is 12.0. The van der Waals surface area contributed by atoms with Crippen molar-refractivity contribution in [2.75, 3.05) is 31.1 Å². The first-order chi connectivity index (χ1) is 16.5. The summed E-state index contributed by atoms with van der Waals surface area (Å²) in [5, 5.41) is 11.0. The minimum absolute atomic E-state index is 0.125. The zero-order chi connectivity index (χ0) is 23.7. The van der Waals surface area contributed by atoms with Gasteiger partial charge < -0.3 is 19.2 Å². The molecule has 2 heterocycles. The molecule has 1 aliphatic rings. The van der Waals surface area contributed by atoms with Crippen LogP contribution in [0.25, 0.3) is 11.0 Å². The van der Waals surface area contributed by atoms with E-state index in [-0.39, 0.29) is 16.9 Å². The lowest BCUT2D eigenvalue weighted by molar-refractivity contribution is 0.246. The van der Waals surface area contributed by atoms with Crippen LogP contribution in [0.2, 0.25) is 0 Å². The van der Waals surface area contributed by atoms with E-state index in [1.165, 1.54) is 5.69 Å². The molecule has 174 valence electrons. The van der Waals surface area contributed by atoms with E-state index in [4.69, 9.17) is 9.15 Å². The molecule has 0 unspecified atom stereocenters. The largest absolute Gasteiger partial charge is 0.507 e. The van der Waals surface area contributed by atoms with Crippen molar-refractivity contribution in [1.29, 1.82) is 0 Å². The molecule has 1 aromatic heterocycles. The number of aryl methyl sites for hydroxylation is 1. The highest BCUT2D eigenvalue weighted by atomic mass is 79.9. The van der Waals surface area contributed by atoms with Crippen molar-refractivity contribution >= 4 is 32.6 Å². The third kappa shape index (κ3) is 4.41. The number of phenols is 1. The van der Waals surface area contributed by atoms with Crippen molar-refractivity contribution in [3.8, 4) is 17.2 Å². The molecule has 34 heavy (non-hydrogen) atoms. The predicted molar refractivity (Wildman–Crippen MR) is 137 cm³/mol. The number of hydrogen-bond acceptors (Lipinski definition) is 6. The van der Waals surface area contributed by atoms with Crippen LogP contribution in [-0.4, -0.2) is 36.2 Å². The average Bonchev–Trinajstić information content (AvgIpc) is 2.85. The number of rotatable bonds is 5. The summed E-state index contributed by atoms with van der Waals surface area (Å²) in [7, 11) is 0. The molecule has 0 spiro atoms. The minimum atomic E-state index is -0.260. The van der Waals surface area contributed by atoms with E-state index in [2.05, 4.69) is 50.0 Å². The zero-order valence-electron chi connectivity index (χ0n) is 18.8. The lowest BCUT2D eigenvalue weighted by Crippen LogP contribution is -2.46. The number of fused-ring (bicyclic) bond motifs is 1. The molecule has 5 rings (SSSR count). The first kappa shape index (κ1) is 22.5. The molecule has 6 nitrogen and oxygen atoms in total. The maximum atomic E-state index is 13.3. The third-order valence-corrected chi connectivity index (χ3v) is 6.84. The van der Waals surface area contributed by atoms with Gasteiger partial charge in [0.15, 0.2) is 0 Å². The number of ether oxygens (including phenoxy) is 1. The highest BCUT2D eigenvalue weighted by Gasteiger charge is 2.23. The number of hydrogen-bond donors (Lipinski definition) is 1. The van der Waals surface area contributed by atoms with E-state index in [0.717, 1.165) is 30.7 Å². The van der Waals surface area contributed by atoms with Crippen LogP contribution >= 0.6 is 15.9 Å². The van der Waals surface area contributed by atoms with E-state index < -0.39 is 0 Å². The zero-order valence-corrected chi connectivity index (χ0v) is 20.4. The molecule has 0 aliphatic carbocycles. The first-order valence-electron chi connectivity index (χ1n) is 11.2. The highest BCUT2D eigenvalue weighted by Crippen LogP contribution is 2.34. The van der Waals surface area contributed by atoms with Crippen LogP contribution in [0.4, 0.5) is 5.69 Å². The summed E-state index contributed by atoms with van der Waals surface area (Å²) >= 11 is 3.45. The van der Waals surface area contributed by atoms with Gasteiger partial charge in [-0.25, -0.2) is 0 Å². The third-order valence-electron chi connectivity index (χ3n) is 6.19. The van der Waals surface area contributed by atoms with Gasteiger partial charge in [0.2, 0.25) is 11.2 Å². The maximum absolute atomic E-state index is 13.3. The van der Waals surface area contributed by atoms with Gasteiger partial charge in [0.1, 0.15) is 22.8 Å². The summed E-state index contributed by atoms with van der Waals surface area (Å²) in [6.07, 6.45) is 0. The molecule has 0 atom stereocenters. The Bertz CT molecular complexity index is 1380. The van der Waals surface area contributed by atoms with E-state index >= 15 is 0 Å². The summed E-state index contributed by atoms with van der Waals surface area (Å²) in [5.74, 6) is 1.18. The molecular weight excluding hydrogens is 496 g/mol. The summed E-state index contributed by atoms with van der Waals surface area (Å²) in [4.78, 5) is 17.9. The number of aromatic hydroxyl groups is 1. The van der Waals surface area contributed by atoms with E-state index in [0.29, 0.717) is 34.6 Å². The van der Waals surface area contributed by atoms with E-state index in [9.17, 15) is 9.90 Å². The summed E-state index contributed by atoms with van der Waals surface area (Å²) < 4.78 is 12.8. The molecular formula is C27H25BrN2O4. The second-order valence-electron chi connectivity index (χ2n) is 8.39. The SMILES string of the molecule is Cc1oc2c(CN3CCN(c4ccccc4)CC3)c(O)ccc2c(=O)c1Oc1ccccc1Br. The minimum Gasteiger partial charge on any atom is -0.507 e. The number of phenolic OH excluding ortho intramolecular Hbond substituents is 1. The van der Waals surface area contributed by atoms with Crippen LogP contribution in [0.1, 0.15) is 11.3 Å². The Morgan fingerprint density at radius 2 is 1.68 bits per heavy atom. The van der Waals surface area contributed by atoms with Crippen LogP contribution in [0.15, 0.2) is 80.4 Å². The molecule has 1 saturated heterocycles. The van der Waals surface area contributed by atoms with Gasteiger partial charge in [0, 0.05) is 38.4 Å². The van der Waals surface area contributed by atoms with Crippen LogP contribution < -0.4 is 15.1 Å². The molecule has 1 aliphatic heterocycles. The van der Waals surface area contributed by atoms with Gasteiger partial charge in [-0.1, -0.05) is 30.3 Å². The van der Waals surface area contributed by atoms with Crippen molar-refractivity contribution in [1.82, 2.24) is 4.90 Å². The standard InChI is InChI=1S/C27H25BrN2O4/c1-18-26(34-24-10-6-5-9-22(24)28)25(32)20-11-12-23(31)21(27(20)33-18)17-29-13-15-30(16-14-29)19-7-3-2-4-8-19/h2-12,31H,13-17H2,1H3. The van der Waals surface area contributed by atoms with Crippen LogP contribution in [0.5, 0.6) is 17.2 Å². The molecule has 0 radical (unpaired) electrons. The number of anilines is 1.